The summed E-state index contributed by atoms with van der Waals surface area (Å²) in [6, 6.07) is 0.559. The molecule has 0 radical (unpaired) electrons. The van der Waals surface area contributed by atoms with Crippen molar-refractivity contribution >= 4 is 0 Å². The molecule has 0 spiro atoms. The van der Waals surface area contributed by atoms with Gasteiger partial charge in [0.2, 0.25) is 0 Å². The van der Waals surface area contributed by atoms with Gasteiger partial charge in [0.15, 0.2) is 0 Å². The summed E-state index contributed by atoms with van der Waals surface area (Å²) in [6.07, 6.45) is 0. The van der Waals surface area contributed by atoms with Crippen molar-refractivity contribution in [3.8, 4) is 0 Å². The number of nitrogens with zero attached hydrogens (tertiary/aromatic N) is 2. The molecule has 0 heterocycles. The van der Waals surface area contributed by atoms with Gasteiger partial charge in [-0.2, -0.15) is 13.1 Å². The van der Waals surface area contributed by atoms with Crippen molar-refractivity contribution in [3.63, 3.8) is 0 Å². The van der Waals surface area contributed by atoms with Crippen LogP contribution in [0.2, 0.25) is 0 Å². The van der Waals surface area contributed by atoms with Crippen molar-refractivity contribution in [2.75, 3.05) is 13.1 Å². The standard InChI is InChI=1S/C4H10N.C3H7N.Ta/c1-3-5-4-2;1-3(2)4;/h3-4H2,1-2H3;3H,1-2H3;/q-1;;. The number of hydrogen-bond acceptors (Lipinski definition) is 1. The number of rotatable bonds is 3. The molecular weight excluding hydrogens is 293 g/mol. The van der Waals surface area contributed by atoms with Gasteiger partial charge in [-0.15, -0.1) is 0 Å². The number of hydrogen-bond donors (Lipinski definition) is 0. The molecule has 0 amide bonds. The summed E-state index contributed by atoms with van der Waals surface area (Å²) >= 11 is 1.16. The largest absolute Gasteiger partial charge is 0.663 e. The van der Waals surface area contributed by atoms with Crippen LogP contribution in [-0.2, 0) is 20.9 Å². The van der Waals surface area contributed by atoms with Crippen LogP contribution in [0.5, 0.6) is 0 Å². The van der Waals surface area contributed by atoms with Gasteiger partial charge in [-0.05, 0) is 0 Å². The first kappa shape index (κ1) is 13.1. The third kappa shape index (κ3) is 23.6. The van der Waals surface area contributed by atoms with E-state index in [1.54, 1.807) is 0 Å². The predicted molar refractivity (Wildman–Crippen MR) is 42.0 cm³/mol. The quantitative estimate of drug-likeness (QED) is 0.766. The Bertz CT molecular complexity index is 62.6. The van der Waals surface area contributed by atoms with Gasteiger partial charge in [-0.3, -0.25) is 0 Å². The van der Waals surface area contributed by atoms with Gasteiger partial charge in [0.05, 0.1) is 0 Å². The molecule has 2 nitrogen and oxygen atoms in total. The van der Waals surface area contributed by atoms with E-state index in [2.05, 4.69) is 22.5 Å². The molecule has 0 rings (SSSR count). The Morgan fingerprint density at radius 2 is 1.60 bits per heavy atom. The Hall–Kier alpha value is 0.500. The van der Waals surface area contributed by atoms with Crippen LogP contribution in [0, 0.1) is 0 Å². The minimum absolute atomic E-state index is 0.559. The van der Waals surface area contributed by atoms with Crippen molar-refractivity contribution < 1.29 is 20.9 Å². The first-order chi connectivity index (χ1) is 4.68. The van der Waals surface area contributed by atoms with E-state index in [-0.39, 0.29) is 0 Å². The molecule has 0 aliphatic carbocycles. The van der Waals surface area contributed by atoms with Gasteiger partial charge in [0.25, 0.3) is 0 Å². The van der Waals surface area contributed by atoms with E-state index in [0.29, 0.717) is 6.04 Å². The van der Waals surface area contributed by atoms with Gasteiger partial charge in [-0.1, -0.05) is 13.8 Å². The second-order valence-electron chi connectivity index (χ2n) is 2.07. The van der Waals surface area contributed by atoms with Gasteiger partial charge in [0.1, 0.15) is 0 Å². The maximum Gasteiger partial charge on any atom is -0.0844 e. The molecule has 0 aromatic heterocycles. The van der Waals surface area contributed by atoms with Crippen molar-refractivity contribution in [1.29, 1.82) is 0 Å². The smallest absolute Gasteiger partial charge is 0.0844 e. The van der Waals surface area contributed by atoms with Crippen LogP contribution < -0.4 is 0 Å². The van der Waals surface area contributed by atoms with Crippen LogP contribution in [0.25, 0.3) is 5.32 Å². The van der Waals surface area contributed by atoms with E-state index in [4.69, 9.17) is 0 Å². The molecule has 0 aromatic rings. The molecule has 10 heavy (non-hydrogen) atoms. The van der Waals surface area contributed by atoms with E-state index in [9.17, 15) is 0 Å². The zero-order valence-corrected chi connectivity index (χ0v) is 10.5. The minimum Gasteiger partial charge on any atom is -0.663 e. The Kier molecular flexibility index (Phi) is 16.0. The molecule has 0 unspecified atom stereocenters. The van der Waals surface area contributed by atoms with Crippen molar-refractivity contribution in [2.24, 2.45) is 3.34 Å². The molecule has 3 heteroatoms. The van der Waals surface area contributed by atoms with Gasteiger partial charge in [0, 0.05) is 0 Å². The maximum atomic E-state index is 4.00. The van der Waals surface area contributed by atoms with Crippen LogP contribution in [0.3, 0.4) is 0 Å². The normalized spacial score (nSPS) is 8.40. The molecular formula is C7H17N2Ta-. The van der Waals surface area contributed by atoms with Crippen LogP contribution in [0.4, 0.5) is 0 Å². The fourth-order valence-electron chi connectivity index (χ4n) is 0.224. The summed E-state index contributed by atoms with van der Waals surface area (Å²) in [5.41, 5.74) is 0. The van der Waals surface area contributed by atoms with E-state index >= 15 is 0 Å². The van der Waals surface area contributed by atoms with Gasteiger partial charge in [-0.25, -0.2) is 0 Å². The van der Waals surface area contributed by atoms with Crippen molar-refractivity contribution in [1.82, 2.24) is 0 Å². The van der Waals surface area contributed by atoms with E-state index < -0.39 is 0 Å². The van der Waals surface area contributed by atoms with Crippen LogP contribution in [0.1, 0.15) is 27.7 Å². The molecule has 0 bridgehead atoms. The fourth-order valence-corrected chi connectivity index (χ4v) is 0.224. The second kappa shape index (κ2) is 12.2. The summed E-state index contributed by atoms with van der Waals surface area (Å²) in [7, 11) is 0. The van der Waals surface area contributed by atoms with Gasteiger partial charge >= 0.3 is 44.1 Å². The average molecular weight is 310 g/mol. The van der Waals surface area contributed by atoms with E-state index in [1.807, 2.05) is 13.8 Å². The molecule has 61 valence electrons. The summed E-state index contributed by atoms with van der Waals surface area (Å²) in [6.45, 7) is 10.2. The first-order valence-electron chi connectivity index (χ1n) is 3.66. The Morgan fingerprint density at radius 1 is 1.30 bits per heavy atom. The Labute approximate surface area is 76.6 Å². The summed E-state index contributed by atoms with van der Waals surface area (Å²) in [4.78, 5) is 0. The van der Waals surface area contributed by atoms with Crippen molar-refractivity contribution in [3.05, 3.63) is 5.32 Å². The SMILES string of the molecule is CC(C)[N]=[Ta].CC[N-]CC. The predicted octanol–water partition coefficient (Wildman–Crippen LogP) is 2.53. The second-order valence-corrected chi connectivity index (χ2v) is 2.89. The molecule has 0 atom stereocenters. The van der Waals surface area contributed by atoms with E-state index in [0.717, 1.165) is 34.0 Å². The summed E-state index contributed by atoms with van der Waals surface area (Å²) in [5, 5.41) is 3.97. The molecule has 0 fully saturated rings. The molecule has 0 aliphatic rings. The third-order valence-electron chi connectivity index (χ3n) is 0.678. The zero-order valence-electron chi connectivity index (χ0n) is 7.33. The topological polar surface area (TPSA) is 26.5 Å². The minimum atomic E-state index is 0.559. The van der Waals surface area contributed by atoms with Crippen LogP contribution in [0.15, 0.2) is 3.34 Å². The average Bonchev–Trinajstić information content (AvgIpc) is 1.91. The Morgan fingerprint density at radius 3 is 1.60 bits per heavy atom. The Balaban J connectivity index is 0. The van der Waals surface area contributed by atoms with Crippen LogP contribution in [-0.4, -0.2) is 19.1 Å². The monoisotopic (exact) mass is 310 g/mol. The summed E-state index contributed by atoms with van der Waals surface area (Å²) in [5.74, 6) is 0. The molecule has 0 aromatic carbocycles. The maximum absolute atomic E-state index is 4.00. The van der Waals surface area contributed by atoms with Crippen LogP contribution >= 0.6 is 0 Å². The molecule has 0 saturated carbocycles. The van der Waals surface area contributed by atoms with Crippen molar-refractivity contribution in [2.45, 2.75) is 33.7 Å². The molecule has 0 saturated heterocycles. The summed E-state index contributed by atoms with van der Waals surface area (Å²) < 4.78 is 4.00. The fraction of sp³-hybridized carbons (Fsp3) is 1.00. The molecule has 0 N–H and O–H groups in total. The van der Waals surface area contributed by atoms with Gasteiger partial charge < -0.3 is 5.32 Å². The zero-order chi connectivity index (χ0) is 8.41. The van der Waals surface area contributed by atoms with E-state index in [1.165, 1.54) is 0 Å². The first-order valence-corrected chi connectivity index (χ1v) is 5.10. The molecule has 0 aliphatic heterocycles. The third-order valence-corrected chi connectivity index (χ3v) is 2.34.